The fourth-order valence-corrected chi connectivity index (χ4v) is 3.16. The molecule has 0 aliphatic carbocycles. The Morgan fingerprint density at radius 2 is 2.10 bits per heavy atom. The Balaban J connectivity index is 2.01. The molecule has 0 bridgehead atoms. The number of methoxy groups -OCH3 is 1. The molecule has 0 spiro atoms. The number of benzene rings is 1. The van der Waals surface area contributed by atoms with Crippen LogP contribution >= 0.6 is 12.2 Å². The van der Waals surface area contributed by atoms with Gasteiger partial charge in [-0.15, -0.1) is 0 Å². The summed E-state index contributed by atoms with van der Waals surface area (Å²) in [4.78, 5) is 38.6. The first-order chi connectivity index (χ1) is 14.8. The predicted molar refractivity (Wildman–Crippen MR) is 118 cm³/mol. The standard InChI is InChI=1S/C21H29N3O6S/c1-14(2)13-30-16-6-4-5-15(11-16)19(26)23-21(31)24-8-7-22-20(27)17(24)12-18(25)29-10-9-28-3/h4-6,11,14,17H,7-10,12-13H2,1-3H3,(H,22,27)(H,23,26,31). The van der Waals surface area contributed by atoms with Crippen molar-refractivity contribution in [3.05, 3.63) is 29.8 Å². The highest BCUT2D eigenvalue weighted by atomic mass is 32.1. The molecule has 1 atom stereocenters. The highest BCUT2D eigenvalue weighted by molar-refractivity contribution is 7.80. The van der Waals surface area contributed by atoms with Crippen molar-refractivity contribution >= 4 is 35.1 Å². The fraction of sp³-hybridized carbons (Fsp3) is 0.524. The van der Waals surface area contributed by atoms with Gasteiger partial charge in [-0.3, -0.25) is 19.7 Å². The van der Waals surface area contributed by atoms with Crippen molar-refractivity contribution in [3.8, 4) is 5.75 Å². The number of carbonyl (C=O) groups is 3. The number of carbonyl (C=O) groups excluding carboxylic acids is 3. The highest BCUT2D eigenvalue weighted by Gasteiger charge is 2.34. The number of rotatable bonds is 9. The lowest BCUT2D eigenvalue weighted by Crippen LogP contribution is -2.60. The number of nitrogens with zero attached hydrogens (tertiary/aromatic N) is 1. The van der Waals surface area contributed by atoms with E-state index in [-0.39, 0.29) is 30.7 Å². The van der Waals surface area contributed by atoms with Crippen LogP contribution in [-0.2, 0) is 19.1 Å². The predicted octanol–water partition coefficient (Wildman–Crippen LogP) is 1.12. The lowest BCUT2D eigenvalue weighted by molar-refractivity contribution is -0.148. The molecule has 0 aromatic heterocycles. The van der Waals surface area contributed by atoms with Gasteiger partial charge in [0.15, 0.2) is 5.11 Å². The van der Waals surface area contributed by atoms with Gasteiger partial charge in [-0.25, -0.2) is 0 Å². The maximum atomic E-state index is 12.7. The van der Waals surface area contributed by atoms with E-state index in [0.717, 1.165) is 0 Å². The minimum absolute atomic E-state index is 0.0723. The lowest BCUT2D eigenvalue weighted by Gasteiger charge is -2.36. The van der Waals surface area contributed by atoms with Crippen LogP contribution in [0.25, 0.3) is 0 Å². The van der Waals surface area contributed by atoms with Gasteiger partial charge in [0.2, 0.25) is 5.91 Å². The zero-order valence-corrected chi connectivity index (χ0v) is 18.8. The molecule has 2 N–H and O–H groups in total. The van der Waals surface area contributed by atoms with Gasteiger partial charge >= 0.3 is 5.97 Å². The summed E-state index contributed by atoms with van der Waals surface area (Å²) in [5, 5.41) is 5.42. The van der Waals surface area contributed by atoms with Gasteiger partial charge in [-0.1, -0.05) is 19.9 Å². The number of thiocarbonyl (C=S) groups is 1. The highest BCUT2D eigenvalue weighted by Crippen LogP contribution is 2.15. The van der Waals surface area contributed by atoms with Crippen LogP contribution in [0.1, 0.15) is 30.6 Å². The molecular weight excluding hydrogens is 422 g/mol. The summed E-state index contributed by atoms with van der Waals surface area (Å²) in [5.74, 6) is -0.383. The van der Waals surface area contributed by atoms with Gasteiger partial charge < -0.3 is 24.4 Å². The van der Waals surface area contributed by atoms with Crippen molar-refractivity contribution in [2.75, 3.05) is 40.0 Å². The second-order valence-corrected chi connectivity index (χ2v) is 7.80. The summed E-state index contributed by atoms with van der Waals surface area (Å²) >= 11 is 5.37. The van der Waals surface area contributed by atoms with E-state index < -0.39 is 17.9 Å². The van der Waals surface area contributed by atoms with Crippen LogP contribution < -0.4 is 15.4 Å². The topological polar surface area (TPSA) is 106 Å². The first kappa shape index (κ1) is 24.5. The second-order valence-electron chi connectivity index (χ2n) is 7.41. The molecule has 0 saturated carbocycles. The van der Waals surface area contributed by atoms with Crippen LogP contribution in [0.3, 0.4) is 0 Å². The molecule has 1 heterocycles. The maximum absolute atomic E-state index is 12.7. The Morgan fingerprint density at radius 3 is 2.81 bits per heavy atom. The summed E-state index contributed by atoms with van der Waals surface area (Å²) in [6.07, 6.45) is -0.190. The SMILES string of the molecule is COCCOC(=O)CC1C(=O)NCCN1C(=S)NC(=O)c1cccc(OCC(C)C)c1. The molecule has 10 heteroatoms. The molecule has 9 nitrogen and oxygen atoms in total. The van der Waals surface area contributed by atoms with E-state index in [1.54, 1.807) is 24.3 Å². The molecule has 1 aromatic rings. The van der Waals surface area contributed by atoms with E-state index in [1.807, 2.05) is 13.8 Å². The molecule has 2 rings (SSSR count). The molecule has 1 unspecified atom stereocenters. The Morgan fingerprint density at radius 1 is 1.32 bits per heavy atom. The van der Waals surface area contributed by atoms with Crippen LogP contribution in [0.4, 0.5) is 0 Å². The summed E-state index contributed by atoms with van der Waals surface area (Å²) in [5.41, 5.74) is 0.376. The lowest BCUT2D eigenvalue weighted by atomic mass is 10.1. The smallest absolute Gasteiger partial charge is 0.308 e. The van der Waals surface area contributed by atoms with Crippen molar-refractivity contribution in [3.63, 3.8) is 0 Å². The Hall–Kier alpha value is -2.72. The van der Waals surface area contributed by atoms with Crippen molar-refractivity contribution < 1.29 is 28.6 Å². The second kappa shape index (κ2) is 12.2. The average Bonchev–Trinajstić information content (AvgIpc) is 2.74. The quantitative estimate of drug-likeness (QED) is 0.327. The third kappa shape index (κ3) is 7.80. The minimum Gasteiger partial charge on any atom is -0.493 e. The summed E-state index contributed by atoms with van der Waals surface area (Å²) in [7, 11) is 1.50. The maximum Gasteiger partial charge on any atom is 0.308 e. The van der Waals surface area contributed by atoms with Gasteiger partial charge in [-0.05, 0) is 36.3 Å². The molecule has 170 valence electrons. The van der Waals surface area contributed by atoms with E-state index in [9.17, 15) is 14.4 Å². The van der Waals surface area contributed by atoms with Crippen molar-refractivity contribution in [2.45, 2.75) is 26.3 Å². The normalized spacial score (nSPS) is 15.9. The van der Waals surface area contributed by atoms with E-state index in [0.29, 0.717) is 36.9 Å². The Bertz CT molecular complexity index is 801. The van der Waals surface area contributed by atoms with Crippen LogP contribution in [-0.4, -0.2) is 73.9 Å². The zero-order chi connectivity index (χ0) is 22.8. The van der Waals surface area contributed by atoms with Crippen molar-refractivity contribution in [2.24, 2.45) is 5.92 Å². The zero-order valence-electron chi connectivity index (χ0n) is 18.0. The number of piperazine rings is 1. The third-order valence-corrected chi connectivity index (χ3v) is 4.74. The molecule has 0 radical (unpaired) electrons. The van der Waals surface area contributed by atoms with E-state index in [1.165, 1.54) is 12.0 Å². The van der Waals surface area contributed by atoms with Gasteiger partial charge in [0.1, 0.15) is 18.4 Å². The van der Waals surface area contributed by atoms with Gasteiger partial charge in [0.25, 0.3) is 5.91 Å². The largest absolute Gasteiger partial charge is 0.493 e. The van der Waals surface area contributed by atoms with Crippen LogP contribution in [0, 0.1) is 5.92 Å². The van der Waals surface area contributed by atoms with Crippen molar-refractivity contribution in [1.29, 1.82) is 0 Å². The number of ether oxygens (including phenoxy) is 3. The molecular formula is C21H29N3O6S. The first-order valence-corrected chi connectivity index (χ1v) is 10.5. The average molecular weight is 452 g/mol. The van der Waals surface area contributed by atoms with Crippen LogP contribution in [0.15, 0.2) is 24.3 Å². The number of nitrogens with one attached hydrogen (secondary N) is 2. The number of hydrogen-bond donors (Lipinski definition) is 2. The molecule has 31 heavy (non-hydrogen) atoms. The number of hydrogen-bond acceptors (Lipinski definition) is 7. The fourth-order valence-electron chi connectivity index (χ4n) is 2.85. The molecule has 1 aliphatic rings. The molecule has 2 amide bonds. The van der Waals surface area contributed by atoms with Crippen LogP contribution in [0.2, 0.25) is 0 Å². The number of esters is 1. The van der Waals surface area contributed by atoms with E-state index >= 15 is 0 Å². The summed E-state index contributed by atoms with van der Waals surface area (Å²) < 4.78 is 15.5. The van der Waals surface area contributed by atoms with E-state index in [2.05, 4.69) is 10.6 Å². The Labute approximate surface area is 187 Å². The summed E-state index contributed by atoms with van der Waals surface area (Å²) in [6.45, 7) is 5.68. The number of amides is 2. The van der Waals surface area contributed by atoms with E-state index in [4.69, 9.17) is 26.4 Å². The minimum atomic E-state index is -0.864. The van der Waals surface area contributed by atoms with Gasteiger partial charge in [0, 0.05) is 25.8 Å². The first-order valence-electron chi connectivity index (χ1n) is 10.1. The Kier molecular flexibility index (Phi) is 9.67. The molecule has 1 aliphatic heterocycles. The molecule has 1 fully saturated rings. The van der Waals surface area contributed by atoms with Crippen LogP contribution in [0.5, 0.6) is 5.75 Å². The van der Waals surface area contributed by atoms with Gasteiger partial charge in [-0.2, -0.15) is 0 Å². The van der Waals surface area contributed by atoms with Gasteiger partial charge in [0.05, 0.1) is 19.6 Å². The molecule has 1 aromatic carbocycles. The third-order valence-electron chi connectivity index (χ3n) is 4.40. The monoisotopic (exact) mass is 451 g/mol. The summed E-state index contributed by atoms with van der Waals surface area (Å²) in [6, 6.07) is 5.91. The molecule has 1 saturated heterocycles. The van der Waals surface area contributed by atoms with Crippen molar-refractivity contribution in [1.82, 2.24) is 15.5 Å².